The third kappa shape index (κ3) is 19.3. The van der Waals surface area contributed by atoms with Gasteiger partial charge in [-0.05, 0) is 114 Å². The summed E-state index contributed by atoms with van der Waals surface area (Å²) in [5, 5.41) is 27.4. The van der Waals surface area contributed by atoms with E-state index in [2.05, 4.69) is 47.7 Å². The Kier molecular flexibility index (Phi) is 24.9. The van der Waals surface area contributed by atoms with E-state index in [-0.39, 0.29) is 49.6 Å². The summed E-state index contributed by atoms with van der Waals surface area (Å²) < 4.78 is 0. The molecule has 2 unspecified atom stereocenters. The molecule has 1 aliphatic rings. The van der Waals surface area contributed by atoms with Crippen molar-refractivity contribution in [2.24, 2.45) is 11.7 Å². The third-order valence-electron chi connectivity index (χ3n) is 13.5. The maximum Gasteiger partial charge on any atom is 0.243 e. The summed E-state index contributed by atoms with van der Waals surface area (Å²) in [7, 11) is 1.67. The summed E-state index contributed by atoms with van der Waals surface area (Å²) >= 11 is 3.21. The number of phenols is 1. The van der Waals surface area contributed by atoms with E-state index in [4.69, 9.17) is 5.73 Å². The molecule has 4 rings (SSSR count). The molecule has 0 saturated carbocycles. The number of carbonyl (C=O) groups excluding carboxylic acids is 9. The molecule has 1 aromatic heterocycles. The monoisotopic (exact) mass is 1090 g/mol. The van der Waals surface area contributed by atoms with Crippen LogP contribution in [0.4, 0.5) is 0 Å². The molecule has 1 aliphatic heterocycles. The third-order valence-corrected chi connectivity index (χ3v) is 16.2. The van der Waals surface area contributed by atoms with Gasteiger partial charge >= 0.3 is 0 Å². The second kappa shape index (κ2) is 30.2. The zero-order valence-electron chi connectivity index (χ0n) is 45.2. The van der Waals surface area contributed by atoms with Crippen molar-refractivity contribution in [2.45, 2.75) is 160 Å². The molecule has 0 radical (unpaired) electrons. The van der Waals surface area contributed by atoms with Gasteiger partial charge in [-0.15, -0.1) is 0 Å². The molecule has 76 heavy (non-hydrogen) atoms. The van der Waals surface area contributed by atoms with Crippen LogP contribution in [-0.4, -0.2) is 140 Å². The molecule has 418 valence electrons. The molecule has 1 saturated heterocycles. The summed E-state index contributed by atoms with van der Waals surface area (Å²) in [6.45, 7) is 11.5. The van der Waals surface area contributed by atoms with E-state index in [1.54, 1.807) is 62.7 Å². The number of aromatic amines is 1. The number of carbonyl (C=O) groups is 9. The van der Waals surface area contributed by atoms with Crippen molar-refractivity contribution in [1.29, 1.82) is 0 Å². The number of amides is 6. The fourth-order valence-electron chi connectivity index (χ4n) is 8.29. The van der Waals surface area contributed by atoms with Crippen LogP contribution in [0.1, 0.15) is 111 Å². The quantitative estimate of drug-likeness (QED) is 0.123. The van der Waals surface area contributed by atoms with Gasteiger partial charge in [-0.25, -0.2) is 10.9 Å². The number of aromatic nitrogens is 1. The number of nitrogens with one attached hydrogen (secondary N) is 9. The van der Waals surface area contributed by atoms with Gasteiger partial charge < -0.3 is 47.7 Å². The number of likely N-dealkylation sites (N-methyl/N-ethyl adjacent to an activating group) is 1. The number of ketones is 3. The van der Waals surface area contributed by atoms with Crippen LogP contribution in [0.15, 0.2) is 54.7 Å². The van der Waals surface area contributed by atoms with Gasteiger partial charge in [0.1, 0.15) is 35.5 Å². The van der Waals surface area contributed by atoms with Crippen molar-refractivity contribution in [2.75, 3.05) is 30.1 Å². The molecule has 1 fully saturated rings. The van der Waals surface area contributed by atoms with Gasteiger partial charge in [0.05, 0.1) is 17.6 Å². The highest BCUT2D eigenvalue weighted by atomic mass is 32.2. The number of benzene rings is 2. The molecule has 0 bridgehead atoms. The fraction of sp³-hybridized carbons (Fsp3) is 0.574. The number of rotatable bonds is 11. The molecule has 2 aromatic carbocycles. The SMILES string of the molecule is CN[C@]1(C)CSCCCCCCCSC[C@@](C)(C(C)=O)NN[C@@H](CC(C)C)C(=O)C(=O)[C@H](CCC(N)=O)NC(=O)C(C)NC(=O)[C@H](Cc2c[nH]c3ccccc23)NC(=O)[C@H](Cc2ccc(O)cc2)NC(=O)C(C)NC1=O. The van der Waals surface area contributed by atoms with Crippen molar-refractivity contribution < 1.29 is 48.3 Å². The van der Waals surface area contributed by atoms with E-state index < -0.39 is 94.3 Å². The number of hydrogen-bond donors (Lipinski definition) is 11. The second-order valence-electron chi connectivity index (χ2n) is 20.6. The number of phenolic OH excluding ortho intramolecular Hbond substituents is 1. The first-order valence-corrected chi connectivity index (χ1v) is 28.4. The van der Waals surface area contributed by atoms with E-state index in [0.717, 1.165) is 54.5 Å². The first kappa shape index (κ1) is 62.7. The Bertz CT molecular complexity index is 2490. The number of hydrazine groups is 1. The number of aromatic hydroxyl groups is 1. The Morgan fingerprint density at radius 1 is 0.724 bits per heavy atom. The standard InChI is InChI=1S/C54H80N10O10S2/c1-32(2)26-42-47(69)46(68)41(22-23-45(55)67)60-48(70)33(3)58-50(72)44(28-37-29-57-40-17-13-12-16-39(37)40)62-51(73)43(27-36-18-20-38(66)21-19-36)61-49(71)34(4)59-52(74)54(7,56-8)31-76-25-15-11-9-10-14-24-75-30-53(6,35(5)65)64-63-42/h12-13,16-21,29,32-34,41-44,56-57,63-64,66H,9-11,14-15,22-28,30-31H2,1-8H3,(H2,55,67)(H,58,72)(H,59,74)(H,60,70)(H,61,71)(H,62,73)/t33?,34?,41-,42-,43-,44-,53-,54+/m0/s1. The van der Waals surface area contributed by atoms with E-state index in [9.17, 15) is 48.3 Å². The van der Waals surface area contributed by atoms with Gasteiger partial charge in [-0.1, -0.05) is 63.4 Å². The zero-order valence-corrected chi connectivity index (χ0v) is 46.8. The first-order valence-electron chi connectivity index (χ1n) is 26.1. The smallest absolute Gasteiger partial charge is 0.243 e. The number of nitrogens with two attached hydrogens (primary N) is 1. The number of H-pyrrole nitrogens is 1. The van der Waals surface area contributed by atoms with Crippen LogP contribution in [0, 0.1) is 5.92 Å². The molecule has 3 aromatic rings. The minimum absolute atomic E-state index is 0.0250. The van der Waals surface area contributed by atoms with E-state index in [0.29, 0.717) is 22.6 Å². The largest absolute Gasteiger partial charge is 0.508 e. The lowest BCUT2D eigenvalue weighted by molar-refractivity contribution is -0.141. The summed E-state index contributed by atoms with van der Waals surface area (Å²) in [5.74, 6) is -4.25. The predicted molar refractivity (Wildman–Crippen MR) is 297 cm³/mol. The average Bonchev–Trinajstić information content (AvgIpc) is 3.79. The van der Waals surface area contributed by atoms with Gasteiger partial charge in [0.25, 0.3) is 0 Å². The minimum Gasteiger partial charge on any atom is -0.508 e. The van der Waals surface area contributed by atoms with Gasteiger partial charge in [-0.2, -0.15) is 23.5 Å². The van der Waals surface area contributed by atoms with Crippen LogP contribution in [0.3, 0.4) is 0 Å². The minimum atomic E-state index is -1.54. The summed E-state index contributed by atoms with van der Waals surface area (Å²) in [6, 6.07) is 5.44. The van der Waals surface area contributed by atoms with Crippen LogP contribution in [0.25, 0.3) is 10.9 Å². The lowest BCUT2D eigenvalue weighted by Gasteiger charge is -2.31. The molecular weight excluding hydrogens is 1010 g/mol. The predicted octanol–water partition coefficient (Wildman–Crippen LogP) is 2.79. The van der Waals surface area contributed by atoms with Crippen LogP contribution >= 0.6 is 23.5 Å². The molecule has 22 heteroatoms. The van der Waals surface area contributed by atoms with Gasteiger partial charge in [-0.3, -0.25) is 43.2 Å². The van der Waals surface area contributed by atoms with Gasteiger partial charge in [0.15, 0.2) is 5.78 Å². The maximum atomic E-state index is 14.6. The normalized spacial score (nSPS) is 26.7. The molecule has 12 N–H and O–H groups in total. The van der Waals surface area contributed by atoms with Crippen molar-refractivity contribution >= 4 is 87.2 Å². The average molecular weight is 1090 g/mol. The molecule has 6 amide bonds. The first-order chi connectivity index (χ1) is 36.0. The maximum absolute atomic E-state index is 14.6. The van der Waals surface area contributed by atoms with Crippen LogP contribution in [0.2, 0.25) is 0 Å². The summed E-state index contributed by atoms with van der Waals surface area (Å²) in [5.41, 5.74) is 11.3. The molecule has 0 spiro atoms. The molecular formula is C54H80N10O10S2. The Morgan fingerprint density at radius 2 is 1.28 bits per heavy atom. The lowest BCUT2D eigenvalue weighted by atomic mass is 9.93. The van der Waals surface area contributed by atoms with E-state index in [1.807, 2.05) is 38.1 Å². The van der Waals surface area contributed by atoms with E-state index >= 15 is 0 Å². The number of para-hydroxylation sites is 1. The Morgan fingerprint density at radius 3 is 1.89 bits per heavy atom. The van der Waals surface area contributed by atoms with Crippen molar-refractivity contribution in [3.05, 3.63) is 65.9 Å². The highest BCUT2D eigenvalue weighted by Crippen LogP contribution is 2.22. The highest BCUT2D eigenvalue weighted by Gasteiger charge is 2.38. The fourth-order valence-corrected chi connectivity index (χ4v) is 10.8. The second-order valence-corrected chi connectivity index (χ2v) is 22.8. The number of primary amides is 1. The molecule has 20 nitrogen and oxygen atoms in total. The Labute approximate surface area is 454 Å². The topological polar surface area (TPSA) is 312 Å². The van der Waals surface area contributed by atoms with Crippen LogP contribution < -0.4 is 48.5 Å². The summed E-state index contributed by atoms with van der Waals surface area (Å²) in [6.07, 6.45) is 5.77. The molecule has 0 aliphatic carbocycles. The number of fused-ring (bicyclic) bond motifs is 1. The Hall–Kier alpha value is -5.81. The van der Waals surface area contributed by atoms with Crippen molar-refractivity contribution in [3.8, 4) is 5.75 Å². The van der Waals surface area contributed by atoms with Gasteiger partial charge in [0.2, 0.25) is 47.0 Å². The molecule has 2 heterocycles. The summed E-state index contributed by atoms with van der Waals surface area (Å²) in [4.78, 5) is 127. The van der Waals surface area contributed by atoms with Gasteiger partial charge in [0, 0.05) is 47.9 Å². The highest BCUT2D eigenvalue weighted by molar-refractivity contribution is 7.99. The molecule has 8 atom stereocenters. The van der Waals surface area contributed by atoms with Crippen molar-refractivity contribution in [3.63, 3.8) is 0 Å². The Balaban J connectivity index is 1.70. The zero-order chi connectivity index (χ0) is 56.2. The van der Waals surface area contributed by atoms with E-state index in [1.165, 1.54) is 32.9 Å². The number of thioether (sulfide) groups is 2. The van der Waals surface area contributed by atoms with Crippen LogP contribution in [-0.2, 0) is 56.0 Å². The number of Topliss-reactive ketones (excluding diaryl/α,β-unsaturated/α-hetero) is 3. The van der Waals surface area contributed by atoms with Crippen LogP contribution in [0.5, 0.6) is 5.75 Å². The number of hydrogen-bond acceptors (Lipinski definition) is 15. The lowest BCUT2D eigenvalue weighted by Crippen LogP contribution is -2.62. The van der Waals surface area contributed by atoms with Crippen molar-refractivity contribution in [1.82, 2.24) is 47.7 Å².